The summed E-state index contributed by atoms with van der Waals surface area (Å²) in [7, 11) is 4.03. The summed E-state index contributed by atoms with van der Waals surface area (Å²) in [5.41, 5.74) is 13.6. The lowest BCUT2D eigenvalue weighted by Crippen LogP contribution is -2.41. The Morgan fingerprint density at radius 3 is 1.07 bits per heavy atom. The molecular weight excluding hydrogens is 1630 g/mol. The number of carbonyl (C=O) groups excluding carboxylic acids is 7. The Hall–Kier alpha value is -8.37. The third-order valence-corrected chi connectivity index (χ3v) is 19.9. The molecule has 0 spiro atoms. The van der Waals surface area contributed by atoms with Crippen molar-refractivity contribution in [3.8, 4) is 0 Å². The van der Waals surface area contributed by atoms with Crippen LogP contribution in [0.2, 0.25) is 0 Å². The standard InChI is InChI=1S/4C15H21NO2S.C13H15NO.C9H18N2O.C6H9NO.C6H15N.C2H6OS/c2*1-11(2)12-6-5-7-13(10-12)15(3,4)16-14(17)18-8-9-19;2*1-11(2)12-6-5-7-13(10-12)15(3,4)16-14(18)19-9-8-17;1-10(2)11-6-5-7-12(8-11)13(3,4)14-9-15;1-8(2)9(12)10-6-5-7-11(3)4;1-2-7-5-3-4-6(7)8;1-4-7(5-2)6-3;3-1-2-4/h2*5-7,10,19H,1,8-9H2,2-4H3,(H,16,17);2*5-7,10,17H,1,8-9H2,2-4H3,(H,16,18);5-8H,1H2,2-4H3;1,5-7H2,2-4H3,(H,10,12);2H,1,3-5H2;4-6H2,1-3H3;3-4H,1-2H2. The Morgan fingerprint density at radius 2 is 0.836 bits per heavy atom. The summed E-state index contributed by atoms with van der Waals surface area (Å²) in [6.45, 7) is 71.0. The highest BCUT2D eigenvalue weighted by Gasteiger charge is 2.28. The number of aliphatic hydroxyl groups is 3. The van der Waals surface area contributed by atoms with Gasteiger partial charge < -0.3 is 66.1 Å². The zero-order valence-corrected chi connectivity index (χ0v) is 81.3. The summed E-state index contributed by atoms with van der Waals surface area (Å²) in [6.07, 6.45) is 5.01. The van der Waals surface area contributed by atoms with Crippen molar-refractivity contribution < 1.29 is 58.4 Å². The molecule has 1 heterocycles. The van der Waals surface area contributed by atoms with Gasteiger partial charge in [-0.15, -0.1) is 0 Å². The molecule has 0 saturated carbocycles. The number of isocyanates is 1. The number of rotatable bonds is 33. The van der Waals surface area contributed by atoms with Gasteiger partial charge in [-0.3, -0.25) is 19.2 Å². The van der Waals surface area contributed by atoms with Crippen molar-refractivity contribution in [3.63, 3.8) is 0 Å². The Kier molecular flexibility index (Phi) is 62.2. The molecule has 0 unspecified atom stereocenters. The summed E-state index contributed by atoms with van der Waals surface area (Å²) in [5.74, 6) is 2.58. The molecule has 122 heavy (non-hydrogen) atoms. The van der Waals surface area contributed by atoms with E-state index in [1.54, 1.807) is 24.1 Å². The van der Waals surface area contributed by atoms with E-state index in [2.05, 4.69) is 146 Å². The first kappa shape index (κ1) is 118. The summed E-state index contributed by atoms with van der Waals surface area (Å²) in [4.78, 5) is 88.6. The maximum Gasteiger partial charge on any atom is 0.407 e. The van der Waals surface area contributed by atoms with Crippen LogP contribution in [-0.4, -0.2) is 186 Å². The third-order valence-electron chi connectivity index (χ3n) is 17.9. The first-order valence-electron chi connectivity index (χ1n) is 40.7. The van der Waals surface area contributed by atoms with E-state index in [0.717, 1.165) is 139 Å². The molecule has 21 nitrogen and oxygen atoms in total. The number of likely N-dealkylation sites (tertiary alicyclic amines) is 1. The molecule has 0 aromatic heterocycles. The number of hydrogen-bond acceptors (Lipinski definition) is 20. The molecule has 1 aliphatic rings. The van der Waals surface area contributed by atoms with Crippen LogP contribution in [0.25, 0.3) is 27.9 Å². The predicted octanol–water partition coefficient (Wildman–Crippen LogP) is 19.9. The second-order valence-corrected chi connectivity index (χ2v) is 34.6. The normalized spacial score (nSPS) is 11.3. The number of aliphatic hydroxyl groups excluding tert-OH is 3. The molecule has 6 rings (SSSR count). The van der Waals surface area contributed by atoms with Crippen molar-refractivity contribution in [2.45, 2.75) is 179 Å². The van der Waals surface area contributed by atoms with E-state index < -0.39 is 39.9 Å². The SMILES string of the molecule is C=C(C)C(=O)NCCCN(C)C.C=C(C)c1cccc(C(C)(C)N=C=O)c1.C=C(C)c1cccc(C(C)(C)NC(=O)OCCS)c1.C=C(C)c1cccc(C(C)(C)NC(=O)OCCS)c1.C=C(C)c1cccc(C(C)(C)NC(=O)SCCO)c1.C=C(C)c1cccc(C(C)(C)NC(=O)SCCO)c1.C=CN1CCCC1=O.CCN(CC)CC.OCCS. The molecule has 5 aromatic rings. The number of thiol groups is 3. The summed E-state index contributed by atoms with van der Waals surface area (Å²) in [6, 6.07) is 39.8. The van der Waals surface area contributed by atoms with E-state index in [0.29, 0.717) is 54.0 Å². The maximum atomic E-state index is 11.7. The predicted molar refractivity (Wildman–Crippen MR) is 528 cm³/mol. The fourth-order valence-electron chi connectivity index (χ4n) is 10.3. The first-order chi connectivity index (χ1) is 57.1. The van der Waals surface area contributed by atoms with Gasteiger partial charge in [0.15, 0.2) is 0 Å². The molecule has 0 aliphatic carbocycles. The van der Waals surface area contributed by atoms with Crippen LogP contribution in [0.15, 0.2) is 184 Å². The second-order valence-electron chi connectivity index (χ2n) is 31.1. The van der Waals surface area contributed by atoms with Crippen molar-refractivity contribution in [2.24, 2.45) is 4.99 Å². The number of ether oxygens (including phenoxy) is 2. The Balaban J connectivity index is -0.00000134. The quantitative estimate of drug-likeness (QED) is 0.00612. The summed E-state index contributed by atoms with van der Waals surface area (Å²) < 4.78 is 9.96. The van der Waals surface area contributed by atoms with Crippen LogP contribution in [0.5, 0.6) is 0 Å². The van der Waals surface area contributed by atoms with Gasteiger partial charge in [-0.1, -0.05) is 209 Å². The average molecular weight is 1780 g/mol. The van der Waals surface area contributed by atoms with E-state index in [4.69, 9.17) is 24.8 Å². The van der Waals surface area contributed by atoms with E-state index in [-0.39, 0.29) is 42.1 Å². The minimum atomic E-state index is -0.521. The van der Waals surface area contributed by atoms with Gasteiger partial charge >= 0.3 is 12.2 Å². The molecule has 0 bridgehead atoms. The minimum absolute atomic E-state index is 0.00363. The van der Waals surface area contributed by atoms with Crippen molar-refractivity contribution in [1.82, 2.24) is 41.3 Å². The number of aliphatic imine (C=N–C) groups is 1. The van der Waals surface area contributed by atoms with Gasteiger partial charge in [0.2, 0.25) is 17.9 Å². The van der Waals surface area contributed by atoms with Crippen LogP contribution in [0.3, 0.4) is 0 Å². The first-order valence-corrected chi connectivity index (χ1v) is 44.5. The smallest absolute Gasteiger partial charge is 0.407 e. The van der Waals surface area contributed by atoms with Gasteiger partial charge in [-0.2, -0.15) is 42.9 Å². The topological polar surface area (TPSA) is 281 Å². The maximum absolute atomic E-state index is 11.7. The lowest BCUT2D eigenvalue weighted by Gasteiger charge is -2.27. The number of amides is 6. The highest BCUT2D eigenvalue weighted by molar-refractivity contribution is 8.13. The van der Waals surface area contributed by atoms with E-state index >= 15 is 0 Å². The second kappa shape index (κ2) is 64.4. The van der Waals surface area contributed by atoms with Crippen LogP contribution in [0.4, 0.5) is 19.2 Å². The van der Waals surface area contributed by atoms with Crippen molar-refractivity contribution in [1.29, 1.82) is 0 Å². The molecule has 6 amide bonds. The molecule has 26 heteroatoms. The highest BCUT2D eigenvalue weighted by Crippen LogP contribution is 2.30. The Bertz CT molecular complexity index is 3750. The van der Waals surface area contributed by atoms with Crippen LogP contribution in [-0.2, 0) is 51.6 Å². The summed E-state index contributed by atoms with van der Waals surface area (Å²) in [5, 5.41) is 39.4. The van der Waals surface area contributed by atoms with Crippen LogP contribution in [0.1, 0.15) is 206 Å². The highest BCUT2D eigenvalue weighted by atomic mass is 32.2. The molecule has 5 aromatic carbocycles. The zero-order chi connectivity index (χ0) is 94.0. The van der Waals surface area contributed by atoms with Crippen molar-refractivity contribution in [3.05, 3.63) is 235 Å². The molecule has 0 radical (unpaired) electrons. The van der Waals surface area contributed by atoms with E-state index in [1.807, 2.05) is 239 Å². The summed E-state index contributed by atoms with van der Waals surface area (Å²) >= 11 is 13.8. The molecule has 1 fully saturated rings. The van der Waals surface area contributed by atoms with Gasteiger partial charge in [-0.05, 0) is 256 Å². The molecule has 1 saturated heterocycles. The van der Waals surface area contributed by atoms with Crippen LogP contribution < -0.4 is 26.6 Å². The van der Waals surface area contributed by atoms with Gasteiger partial charge in [0.05, 0.1) is 47.5 Å². The number of hydrogen-bond donors (Lipinski definition) is 11. The molecule has 0 atom stereocenters. The number of nitrogens with one attached hydrogen (secondary N) is 5. The number of allylic oxidation sites excluding steroid dienone is 5. The fraction of sp³-hybridized carbons (Fsp3) is 0.469. The van der Waals surface area contributed by atoms with Gasteiger partial charge in [0.1, 0.15) is 13.2 Å². The van der Waals surface area contributed by atoms with Crippen molar-refractivity contribution >= 4 is 130 Å². The van der Waals surface area contributed by atoms with Gasteiger partial charge in [0, 0.05) is 53.8 Å². The lowest BCUT2D eigenvalue weighted by molar-refractivity contribution is -0.125. The van der Waals surface area contributed by atoms with Gasteiger partial charge in [-0.25, -0.2) is 14.4 Å². The van der Waals surface area contributed by atoms with Crippen molar-refractivity contribution in [2.75, 3.05) is 115 Å². The molecule has 678 valence electrons. The number of carbonyl (C=O) groups is 6. The monoisotopic (exact) mass is 1780 g/mol. The Morgan fingerprint density at radius 1 is 0.525 bits per heavy atom. The largest absolute Gasteiger partial charge is 0.449 e. The number of benzene rings is 5. The molecule has 8 N–H and O–H groups in total. The Labute approximate surface area is 757 Å². The van der Waals surface area contributed by atoms with E-state index in [1.165, 1.54) is 19.6 Å². The van der Waals surface area contributed by atoms with E-state index in [9.17, 15) is 33.6 Å². The number of nitrogens with zero attached hydrogens (tertiary/aromatic N) is 4. The van der Waals surface area contributed by atoms with Crippen LogP contribution >= 0.6 is 61.4 Å². The lowest BCUT2D eigenvalue weighted by atomic mass is 9.92. The number of alkyl carbamates (subject to hydrolysis) is 2. The minimum Gasteiger partial charge on any atom is -0.449 e. The van der Waals surface area contributed by atoms with Crippen LogP contribution in [0, 0.1) is 0 Å². The zero-order valence-electron chi connectivity index (χ0n) is 77.0. The fourth-order valence-corrected chi connectivity index (χ4v) is 11.7. The van der Waals surface area contributed by atoms with Gasteiger partial charge in [0.25, 0.3) is 10.5 Å². The number of thioether (sulfide) groups is 2. The molecule has 1 aliphatic heterocycles. The third kappa shape index (κ3) is 52.3. The molecular formula is C96H147N9O12S5. The average Bonchev–Trinajstić information content (AvgIpc) is 0.865.